The fourth-order valence-electron chi connectivity index (χ4n) is 6.32. The van der Waals surface area contributed by atoms with Gasteiger partial charge in [0, 0.05) is 13.1 Å². The Morgan fingerprint density at radius 3 is 1.05 bits per heavy atom. The van der Waals surface area contributed by atoms with E-state index in [4.69, 9.17) is 5.73 Å². The summed E-state index contributed by atoms with van der Waals surface area (Å²) in [5.41, 5.74) is 6.31. The number of unbranched alkanes of at least 4 members (excludes halogenated alkanes) is 20. The highest BCUT2D eigenvalue weighted by atomic mass is 15.4. The van der Waals surface area contributed by atoms with Crippen LogP contribution in [-0.2, 0) is 0 Å². The maximum atomic E-state index is 6.31. The molecule has 0 rings (SSSR count). The summed E-state index contributed by atoms with van der Waals surface area (Å²) in [7, 11) is 0. The molecule has 0 fully saturated rings. The minimum absolute atomic E-state index is 0.848. The molecular formula is C36H78N3+. The van der Waals surface area contributed by atoms with Crippen molar-refractivity contribution in [1.29, 1.82) is 0 Å². The number of hydrogen-bond donors (Lipinski definition) is 1. The number of quaternary nitrogens is 1. The van der Waals surface area contributed by atoms with Gasteiger partial charge in [-0.15, -0.1) is 0 Å². The fraction of sp³-hybridized carbons (Fsp3) is 1.00. The molecule has 3 nitrogen and oxygen atoms in total. The Bertz CT molecular complexity index is 421. The third kappa shape index (κ3) is 25.3. The zero-order valence-corrected chi connectivity index (χ0v) is 28.1. The predicted molar refractivity (Wildman–Crippen MR) is 179 cm³/mol. The van der Waals surface area contributed by atoms with E-state index in [0.717, 1.165) is 6.54 Å². The molecule has 0 aromatic heterocycles. The maximum Gasteiger partial charge on any atom is 0.0916 e. The summed E-state index contributed by atoms with van der Waals surface area (Å²) >= 11 is 0. The molecule has 39 heavy (non-hydrogen) atoms. The Labute approximate surface area is 249 Å². The van der Waals surface area contributed by atoms with Crippen molar-refractivity contribution in [2.24, 2.45) is 5.73 Å². The molecule has 0 aromatic carbocycles. The number of nitrogens with zero attached hydrogens (tertiary/aromatic N) is 2. The van der Waals surface area contributed by atoms with E-state index in [2.05, 4.69) is 32.6 Å². The van der Waals surface area contributed by atoms with Gasteiger partial charge in [0.05, 0.1) is 26.2 Å². The first-order valence-electron chi connectivity index (χ1n) is 18.5. The Morgan fingerprint density at radius 2 is 0.692 bits per heavy atom. The molecule has 2 N–H and O–H groups in total. The Balaban J connectivity index is 5.02. The van der Waals surface area contributed by atoms with Gasteiger partial charge in [-0.05, 0) is 51.6 Å². The van der Waals surface area contributed by atoms with Crippen molar-refractivity contribution < 1.29 is 4.48 Å². The third-order valence-electron chi connectivity index (χ3n) is 9.12. The zero-order valence-electron chi connectivity index (χ0n) is 28.1. The minimum Gasteiger partial charge on any atom is -0.326 e. The average molecular weight is 553 g/mol. The van der Waals surface area contributed by atoms with Crippen LogP contribution in [0.3, 0.4) is 0 Å². The summed E-state index contributed by atoms with van der Waals surface area (Å²) in [6.45, 7) is 19.3. The van der Waals surface area contributed by atoms with Crippen LogP contribution in [0.25, 0.3) is 0 Å². The summed E-state index contributed by atoms with van der Waals surface area (Å²) in [6, 6.07) is 0. The molecule has 0 aliphatic rings. The van der Waals surface area contributed by atoms with Crippen LogP contribution in [0.4, 0.5) is 0 Å². The van der Waals surface area contributed by atoms with Crippen molar-refractivity contribution in [3.8, 4) is 0 Å². The highest BCUT2D eigenvalue weighted by Gasteiger charge is 2.26. The van der Waals surface area contributed by atoms with Crippen LogP contribution in [0.2, 0.25) is 0 Å². The lowest BCUT2D eigenvalue weighted by atomic mass is 10.1. The van der Waals surface area contributed by atoms with E-state index < -0.39 is 0 Å². The molecule has 236 valence electrons. The van der Waals surface area contributed by atoms with Crippen LogP contribution >= 0.6 is 0 Å². The summed E-state index contributed by atoms with van der Waals surface area (Å²) in [5.74, 6) is 0. The molecule has 0 unspecified atom stereocenters. The second-order valence-electron chi connectivity index (χ2n) is 12.9. The van der Waals surface area contributed by atoms with Gasteiger partial charge in [-0.2, -0.15) is 0 Å². The summed E-state index contributed by atoms with van der Waals surface area (Å²) in [5, 5.41) is 0. The van der Waals surface area contributed by atoms with E-state index in [9.17, 15) is 0 Å². The van der Waals surface area contributed by atoms with Gasteiger partial charge in [-0.1, -0.05) is 143 Å². The van der Waals surface area contributed by atoms with Crippen LogP contribution < -0.4 is 5.73 Å². The molecule has 0 saturated heterocycles. The highest BCUT2D eigenvalue weighted by Crippen LogP contribution is 2.17. The molecule has 0 bridgehead atoms. The van der Waals surface area contributed by atoms with Crippen LogP contribution in [0, 0.1) is 0 Å². The van der Waals surface area contributed by atoms with Crippen molar-refractivity contribution in [2.45, 2.75) is 182 Å². The molecule has 0 aliphatic carbocycles. The maximum absolute atomic E-state index is 6.31. The van der Waals surface area contributed by atoms with Crippen molar-refractivity contribution in [2.75, 3.05) is 52.4 Å². The van der Waals surface area contributed by atoms with Crippen molar-refractivity contribution in [1.82, 2.24) is 4.90 Å². The number of hydrogen-bond acceptors (Lipinski definition) is 2. The van der Waals surface area contributed by atoms with E-state index in [1.807, 2.05) is 0 Å². The summed E-state index contributed by atoms with van der Waals surface area (Å²) in [4.78, 5) is 2.87. The van der Waals surface area contributed by atoms with Gasteiger partial charge in [0.1, 0.15) is 0 Å². The first-order valence-corrected chi connectivity index (χ1v) is 18.5. The van der Waals surface area contributed by atoms with E-state index in [1.165, 1.54) is 204 Å². The first kappa shape index (κ1) is 38.9. The van der Waals surface area contributed by atoms with E-state index in [1.54, 1.807) is 0 Å². The van der Waals surface area contributed by atoms with Crippen molar-refractivity contribution in [3.05, 3.63) is 0 Å². The lowest BCUT2D eigenvalue weighted by molar-refractivity contribution is -0.926. The van der Waals surface area contributed by atoms with Gasteiger partial charge in [-0.25, -0.2) is 0 Å². The van der Waals surface area contributed by atoms with E-state index in [-0.39, 0.29) is 0 Å². The van der Waals surface area contributed by atoms with E-state index >= 15 is 0 Å². The minimum atomic E-state index is 0.848. The molecule has 0 saturated carbocycles. The molecule has 0 heterocycles. The lowest BCUT2D eigenvalue weighted by Gasteiger charge is -2.40. The SMILES string of the molecule is CCCCCCCCN(CCCCCCCC)CC[N+](CCN)(CCCCCCCC)CCCCCCCC. The fourth-order valence-corrected chi connectivity index (χ4v) is 6.32. The Hall–Kier alpha value is -0.120. The smallest absolute Gasteiger partial charge is 0.0916 e. The van der Waals surface area contributed by atoms with E-state index in [0.29, 0.717) is 0 Å². The molecular weight excluding hydrogens is 474 g/mol. The zero-order chi connectivity index (χ0) is 28.7. The molecule has 0 atom stereocenters. The monoisotopic (exact) mass is 553 g/mol. The molecule has 0 spiro atoms. The van der Waals surface area contributed by atoms with Gasteiger partial charge < -0.3 is 10.2 Å². The van der Waals surface area contributed by atoms with Crippen molar-refractivity contribution >= 4 is 0 Å². The standard InChI is InChI=1S/C36H78N3/c1-5-9-13-17-21-25-30-38(31-26-22-18-14-10-6-2)32-36-39(35-29-37,33-27-23-19-15-11-7-3)34-28-24-20-16-12-8-4/h5-37H2,1-4H3/q+1. The molecule has 0 aliphatic heterocycles. The van der Waals surface area contributed by atoms with Crippen LogP contribution in [0.5, 0.6) is 0 Å². The molecule has 0 radical (unpaired) electrons. The van der Waals surface area contributed by atoms with Gasteiger partial charge in [0.2, 0.25) is 0 Å². The van der Waals surface area contributed by atoms with Gasteiger partial charge in [-0.3, -0.25) is 4.90 Å². The molecule has 3 heteroatoms. The van der Waals surface area contributed by atoms with Gasteiger partial charge in [0.15, 0.2) is 0 Å². The Morgan fingerprint density at radius 1 is 0.359 bits per heavy atom. The van der Waals surface area contributed by atoms with Crippen LogP contribution in [0.15, 0.2) is 0 Å². The first-order chi connectivity index (χ1) is 19.2. The average Bonchev–Trinajstić information content (AvgIpc) is 2.94. The normalized spacial score (nSPS) is 12.2. The van der Waals surface area contributed by atoms with Gasteiger partial charge >= 0.3 is 0 Å². The lowest BCUT2D eigenvalue weighted by Crippen LogP contribution is -2.55. The second kappa shape index (κ2) is 30.8. The molecule has 0 amide bonds. The summed E-state index contributed by atoms with van der Waals surface area (Å²) in [6.07, 6.45) is 33.7. The van der Waals surface area contributed by atoms with Gasteiger partial charge in [0.25, 0.3) is 0 Å². The largest absolute Gasteiger partial charge is 0.326 e. The topological polar surface area (TPSA) is 29.3 Å². The molecule has 0 aromatic rings. The summed E-state index contributed by atoms with van der Waals surface area (Å²) < 4.78 is 1.29. The van der Waals surface area contributed by atoms with Crippen LogP contribution in [0.1, 0.15) is 182 Å². The predicted octanol–water partition coefficient (Wildman–Crippen LogP) is 10.5. The third-order valence-corrected chi connectivity index (χ3v) is 9.12. The Kier molecular flexibility index (Phi) is 30.7. The highest BCUT2D eigenvalue weighted by molar-refractivity contribution is 4.62. The van der Waals surface area contributed by atoms with Crippen LogP contribution in [-0.4, -0.2) is 61.7 Å². The second-order valence-corrected chi connectivity index (χ2v) is 12.9. The van der Waals surface area contributed by atoms with Crippen molar-refractivity contribution in [3.63, 3.8) is 0 Å². The quantitative estimate of drug-likeness (QED) is 0.0648. The number of nitrogens with two attached hydrogens (primary N) is 1. The number of rotatable bonds is 33.